The van der Waals surface area contributed by atoms with Crippen LogP contribution >= 0.6 is 0 Å². The van der Waals surface area contributed by atoms with Gasteiger partial charge in [0.05, 0.1) is 35.6 Å². The monoisotopic (exact) mass is 829 g/mol. The van der Waals surface area contributed by atoms with Crippen LogP contribution in [0.2, 0.25) is 0 Å². The minimum atomic E-state index is -1.92. The molecule has 322 valence electrons. The number of hydrogen-bond donors (Lipinski definition) is 1. The van der Waals surface area contributed by atoms with Crippen LogP contribution in [0, 0.1) is 5.41 Å². The summed E-state index contributed by atoms with van der Waals surface area (Å²) in [5.74, 6) is -1.84. The summed E-state index contributed by atoms with van der Waals surface area (Å²) in [6, 6.07) is 6.92. The molecule has 16 nitrogen and oxygen atoms in total. The van der Waals surface area contributed by atoms with Crippen molar-refractivity contribution in [3.05, 3.63) is 56.9 Å². The largest absolute Gasteiger partial charge is 0.459 e. The number of benzene rings is 1. The molecule has 1 aromatic carbocycles. The Morgan fingerprint density at radius 3 is 2.07 bits per heavy atom. The lowest BCUT2D eigenvalue weighted by Crippen LogP contribution is -2.56. The summed E-state index contributed by atoms with van der Waals surface area (Å²) in [5.41, 5.74) is -1.28. The normalized spacial score (nSPS) is 20.2. The highest BCUT2D eigenvalue weighted by Crippen LogP contribution is 2.41. The van der Waals surface area contributed by atoms with Crippen LogP contribution in [0.25, 0.3) is 22.3 Å². The van der Waals surface area contributed by atoms with E-state index in [0.717, 1.165) is 16.5 Å². The second-order valence-electron chi connectivity index (χ2n) is 18.2. The number of pyridine rings is 2. The first-order chi connectivity index (χ1) is 28.2. The number of aliphatic hydroxyl groups is 1. The maximum atomic E-state index is 13.7. The average molecular weight is 830 g/mol. The number of rotatable bonds is 7. The van der Waals surface area contributed by atoms with Gasteiger partial charge in [-0.25, -0.2) is 14.6 Å². The number of carbonyl (C=O) groups is 5. The molecule has 7 rings (SSSR count). The highest BCUT2D eigenvalue weighted by molar-refractivity contribution is 6.01. The zero-order valence-corrected chi connectivity index (χ0v) is 35.8. The Morgan fingerprint density at radius 2 is 1.48 bits per heavy atom. The minimum Gasteiger partial charge on any atom is -0.459 e. The number of amides is 2. The number of cyclic esters (lactones) is 1. The van der Waals surface area contributed by atoms with Crippen LogP contribution < -0.4 is 10.3 Å². The molecule has 0 unspecified atom stereocenters. The number of likely N-dealkylation sites (tertiary alicyclic amines) is 1. The molecule has 16 heteroatoms. The summed E-state index contributed by atoms with van der Waals surface area (Å²) < 4.78 is 24.0. The highest BCUT2D eigenvalue weighted by Gasteiger charge is 2.53. The van der Waals surface area contributed by atoms with Crippen LogP contribution in [0.4, 0.5) is 4.79 Å². The summed E-state index contributed by atoms with van der Waals surface area (Å²) in [6.07, 6.45) is 0.319. The second kappa shape index (κ2) is 15.6. The van der Waals surface area contributed by atoms with Gasteiger partial charge in [0.15, 0.2) is 11.0 Å². The number of piperidine rings is 1. The van der Waals surface area contributed by atoms with E-state index in [-0.39, 0.29) is 74.6 Å². The van der Waals surface area contributed by atoms with Crippen molar-refractivity contribution in [3.63, 3.8) is 0 Å². The fourth-order valence-corrected chi connectivity index (χ4v) is 8.53. The quantitative estimate of drug-likeness (QED) is 0.160. The standard InChI is InChI=1S/C44H55N5O11/c1-9-27-28-21-26(11-12-32(28)45-35-29(27)23-49-33(35)22-31-30(36(49)51)25-57-39(54)44(31,56)10-2)58-40(55)48-19-17-46(18-20-48)24-34(50)47-15-13-43(14-16-47,37(52)59-41(3,4)5)38(53)60-42(6,7)8/h11-12,21-22,56H,9-10,13-20,23-25H2,1-8H3/t44-/m0/s1. The van der Waals surface area contributed by atoms with Crippen molar-refractivity contribution in [2.45, 2.75) is 111 Å². The zero-order valence-electron chi connectivity index (χ0n) is 35.8. The molecule has 3 aromatic rings. The fourth-order valence-electron chi connectivity index (χ4n) is 8.53. The fraction of sp³-hybridized carbons (Fsp3) is 0.568. The molecule has 1 atom stereocenters. The molecule has 0 radical (unpaired) electrons. The van der Waals surface area contributed by atoms with Gasteiger partial charge in [0.2, 0.25) is 5.91 Å². The van der Waals surface area contributed by atoms with Gasteiger partial charge in [-0.2, -0.15) is 0 Å². The lowest BCUT2D eigenvalue weighted by Gasteiger charge is -2.41. The smallest absolute Gasteiger partial charge is 0.415 e. The number of piperazine rings is 1. The summed E-state index contributed by atoms with van der Waals surface area (Å²) in [6.45, 7) is 16.3. The van der Waals surface area contributed by atoms with Crippen molar-refractivity contribution in [3.8, 4) is 17.1 Å². The molecule has 2 aromatic heterocycles. The first-order valence-electron chi connectivity index (χ1n) is 20.7. The van der Waals surface area contributed by atoms with Gasteiger partial charge in [-0.05, 0) is 97.1 Å². The van der Waals surface area contributed by atoms with Gasteiger partial charge in [0.25, 0.3) is 5.56 Å². The molecule has 0 spiro atoms. The summed E-state index contributed by atoms with van der Waals surface area (Å²) in [5, 5.41) is 12.0. The van der Waals surface area contributed by atoms with E-state index in [1.807, 2.05) is 11.8 Å². The third kappa shape index (κ3) is 7.86. The van der Waals surface area contributed by atoms with E-state index in [9.17, 15) is 33.9 Å². The number of ether oxygens (including phenoxy) is 4. The molecular weight excluding hydrogens is 775 g/mol. The molecule has 0 saturated carbocycles. The molecule has 2 fully saturated rings. The maximum Gasteiger partial charge on any atom is 0.415 e. The lowest BCUT2D eigenvalue weighted by atomic mass is 9.78. The maximum absolute atomic E-state index is 13.7. The van der Waals surface area contributed by atoms with Crippen molar-refractivity contribution in [2.75, 3.05) is 45.8 Å². The van der Waals surface area contributed by atoms with Crippen molar-refractivity contribution in [1.82, 2.24) is 24.3 Å². The topological polar surface area (TPSA) is 187 Å². The van der Waals surface area contributed by atoms with Gasteiger partial charge in [-0.3, -0.25) is 24.1 Å². The first kappa shape index (κ1) is 42.8. The Kier molecular flexibility index (Phi) is 11.1. The van der Waals surface area contributed by atoms with Crippen molar-refractivity contribution < 1.29 is 48.0 Å². The average Bonchev–Trinajstić information content (AvgIpc) is 3.55. The van der Waals surface area contributed by atoms with E-state index >= 15 is 0 Å². The summed E-state index contributed by atoms with van der Waals surface area (Å²) in [4.78, 5) is 90.1. The number of aromatic nitrogens is 2. The van der Waals surface area contributed by atoms with Gasteiger partial charge in [0, 0.05) is 55.8 Å². The summed E-state index contributed by atoms with van der Waals surface area (Å²) in [7, 11) is 0. The predicted octanol–water partition coefficient (Wildman–Crippen LogP) is 4.05. The number of fused-ring (bicyclic) bond motifs is 5. The second-order valence-corrected chi connectivity index (χ2v) is 18.2. The van der Waals surface area contributed by atoms with Crippen molar-refractivity contribution in [1.29, 1.82) is 0 Å². The Balaban J connectivity index is 0.980. The summed E-state index contributed by atoms with van der Waals surface area (Å²) >= 11 is 0. The molecule has 4 aliphatic heterocycles. The van der Waals surface area contributed by atoms with E-state index in [2.05, 4.69) is 0 Å². The Labute approximate surface area is 348 Å². The van der Waals surface area contributed by atoms with Gasteiger partial charge in [-0.1, -0.05) is 13.8 Å². The van der Waals surface area contributed by atoms with Gasteiger partial charge < -0.3 is 38.4 Å². The molecule has 60 heavy (non-hydrogen) atoms. The molecule has 2 saturated heterocycles. The Hall–Kier alpha value is -5.35. The van der Waals surface area contributed by atoms with E-state index in [1.165, 1.54) is 0 Å². The molecule has 4 aliphatic rings. The number of aryl methyl sites for hydroxylation is 1. The highest BCUT2D eigenvalue weighted by atomic mass is 16.6. The number of hydrogen-bond acceptors (Lipinski definition) is 13. The first-order valence-corrected chi connectivity index (χ1v) is 20.7. The zero-order chi connectivity index (χ0) is 43.5. The SMILES string of the molecule is CCc1c2c(nc3ccc(OC(=O)N4CCN(CC(=O)N5CCC(C(=O)OC(C)(C)C)(C(=O)OC(C)(C)C)CC5)CC4)cc13)-c1cc3c(c(=O)n1C2)COC(=O)[C@]3(O)CC. The van der Waals surface area contributed by atoms with Crippen LogP contribution in [0.15, 0.2) is 29.1 Å². The van der Waals surface area contributed by atoms with Crippen LogP contribution in [0.3, 0.4) is 0 Å². The van der Waals surface area contributed by atoms with Crippen LogP contribution in [-0.2, 0) is 58.6 Å². The van der Waals surface area contributed by atoms with Gasteiger partial charge >= 0.3 is 24.0 Å². The van der Waals surface area contributed by atoms with Gasteiger partial charge in [0.1, 0.15) is 23.6 Å². The number of nitrogens with zero attached hydrogens (tertiary/aromatic N) is 5. The van der Waals surface area contributed by atoms with Crippen molar-refractivity contribution in [2.24, 2.45) is 5.41 Å². The van der Waals surface area contributed by atoms with Crippen LogP contribution in [-0.4, -0.2) is 116 Å². The third-order valence-electron chi connectivity index (χ3n) is 11.9. The van der Waals surface area contributed by atoms with E-state index in [4.69, 9.17) is 23.9 Å². The van der Waals surface area contributed by atoms with Gasteiger partial charge in [-0.15, -0.1) is 0 Å². The molecule has 2 amide bonds. The molecule has 0 aliphatic carbocycles. The molecular formula is C44H55N5O11. The van der Waals surface area contributed by atoms with E-state index in [0.29, 0.717) is 55.3 Å². The Morgan fingerprint density at radius 1 is 0.850 bits per heavy atom. The molecule has 6 heterocycles. The third-order valence-corrected chi connectivity index (χ3v) is 11.9. The number of esters is 3. The molecule has 0 bridgehead atoms. The number of carbonyl (C=O) groups excluding carboxylic acids is 5. The minimum absolute atomic E-state index is 0.0514. The van der Waals surface area contributed by atoms with Crippen LogP contribution in [0.1, 0.15) is 96.9 Å². The molecule has 1 N–H and O–H groups in total. The predicted molar refractivity (Wildman–Crippen MR) is 218 cm³/mol. The van der Waals surface area contributed by atoms with E-state index in [1.54, 1.807) is 87.1 Å². The lowest BCUT2D eigenvalue weighted by molar-refractivity contribution is -0.190. The van der Waals surface area contributed by atoms with E-state index < -0.39 is 46.2 Å². The van der Waals surface area contributed by atoms with Crippen LogP contribution in [0.5, 0.6) is 5.75 Å². The Bertz CT molecular complexity index is 2300. The van der Waals surface area contributed by atoms with Crippen molar-refractivity contribution >= 4 is 40.8 Å².